The molecular formula is C10H22FN2O4S+. The predicted octanol–water partition coefficient (Wildman–Crippen LogP) is 0.798. The van der Waals surface area contributed by atoms with E-state index in [1.165, 1.54) is 6.92 Å². The van der Waals surface area contributed by atoms with Crippen LogP contribution >= 0.6 is 0 Å². The van der Waals surface area contributed by atoms with Crippen molar-refractivity contribution < 1.29 is 26.6 Å². The summed E-state index contributed by atoms with van der Waals surface area (Å²) >= 11 is 0. The van der Waals surface area contributed by atoms with Gasteiger partial charge in [0.15, 0.2) is 0 Å². The van der Waals surface area contributed by atoms with Crippen LogP contribution in [-0.2, 0) is 10.1 Å². The minimum absolute atomic E-state index is 0.255. The van der Waals surface area contributed by atoms with Crippen LogP contribution in [0.15, 0.2) is 0 Å². The minimum atomic E-state index is -3.98. The van der Waals surface area contributed by atoms with E-state index in [0.29, 0.717) is 30.4 Å². The van der Waals surface area contributed by atoms with Gasteiger partial charge in [0.25, 0.3) is 10.1 Å². The Hall–Kier alpha value is -0.730. The first-order valence-corrected chi connectivity index (χ1v) is 7.26. The molecule has 1 unspecified atom stereocenters. The molecule has 0 aliphatic heterocycles. The molecule has 0 rings (SSSR count). The number of rotatable bonds is 8. The lowest BCUT2D eigenvalue weighted by molar-refractivity contribution is -0.890. The second kappa shape index (κ2) is 7.01. The Labute approximate surface area is 107 Å². The Morgan fingerprint density at radius 1 is 1.39 bits per heavy atom. The van der Waals surface area contributed by atoms with Crippen molar-refractivity contribution in [1.29, 1.82) is 0 Å². The summed E-state index contributed by atoms with van der Waals surface area (Å²) in [6.45, 7) is 2.96. The van der Waals surface area contributed by atoms with Gasteiger partial charge in [0, 0.05) is 19.4 Å². The van der Waals surface area contributed by atoms with Crippen LogP contribution in [0.3, 0.4) is 0 Å². The van der Waals surface area contributed by atoms with Crippen LogP contribution < -0.4 is 5.32 Å². The number of nitrogens with zero attached hydrogens (tertiary/aromatic N) is 1. The molecule has 0 saturated carbocycles. The van der Waals surface area contributed by atoms with Crippen molar-refractivity contribution in [2.75, 3.05) is 33.7 Å². The van der Waals surface area contributed by atoms with Crippen LogP contribution in [0.4, 0.5) is 9.18 Å². The van der Waals surface area contributed by atoms with Gasteiger partial charge in [-0.3, -0.25) is 4.55 Å². The summed E-state index contributed by atoms with van der Waals surface area (Å²) in [4.78, 5) is 10.0. The molecule has 0 aromatic heterocycles. The molecule has 0 spiro atoms. The highest BCUT2D eigenvalue weighted by molar-refractivity contribution is 7.86. The molecule has 0 aliphatic carbocycles. The lowest BCUT2D eigenvalue weighted by atomic mass is 10.2. The van der Waals surface area contributed by atoms with Crippen LogP contribution in [0.5, 0.6) is 0 Å². The quantitative estimate of drug-likeness (QED) is 0.227. The predicted molar refractivity (Wildman–Crippen MR) is 66.6 cm³/mol. The van der Waals surface area contributed by atoms with E-state index in [2.05, 4.69) is 5.32 Å². The summed E-state index contributed by atoms with van der Waals surface area (Å²) in [7, 11) is -0.157. The molecule has 0 saturated heterocycles. The van der Waals surface area contributed by atoms with Crippen LogP contribution in [0, 0.1) is 0 Å². The second-order valence-electron chi connectivity index (χ2n) is 5.05. The summed E-state index contributed by atoms with van der Waals surface area (Å²) in [6, 6.07) is 0. The van der Waals surface area contributed by atoms with Crippen molar-refractivity contribution in [1.82, 2.24) is 5.32 Å². The van der Waals surface area contributed by atoms with Gasteiger partial charge in [0.2, 0.25) is 0 Å². The highest BCUT2D eigenvalue weighted by Gasteiger charge is 2.22. The first kappa shape index (κ1) is 17.3. The van der Waals surface area contributed by atoms with Crippen LogP contribution in [-0.4, -0.2) is 62.6 Å². The van der Waals surface area contributed by atoms with E-state index in [1.54, 1.807) is 0 Å². The number of hydrogen-bond acceptors (Lipinski definition) is 3. The number of carbonyl (C=O) groups is 1. The average molecular weight is 285 g/mol. The van der Waals surface area contributed by atoms with Crippen LogP contribution in [0.25, 0.3) is 0 Å². The van der Waals surface area contributed by atoms with Crippen molar-refractivity contribution in [2.24, 2.45) is 0 Å². The molecule has 2 N–H and O–H groups in total. The largest absolute Gasteiger partial charge is 0.397 e. The molecular weight excluding hydrogens is 263 g/mol. The molecule has 0 aromatic rings. The maximum absolute atomic E-state index is 11.9. The number of halogens is 1. The van der Waals surface area contributed by atoms with Crippen LogP contribution in [0.1, 0.15) is 19.8 Å². The fourth-order valence-corrected chi connectivity index (χ4v) is 1.89. The Balaban J connectivity index is 3.97. The highest BCUT2D eigenvalue weighted by Crippen LogP contribution is 2.08. The van der Waals surface area contributed by atoms with Crippen molar-refractivity contribution in [3.05, 3.63) is 0 Å². The molecule has 6 nitrogen and oxygen atoms in total. The molecule has 0 aliphatic rings. The Morgan fingerprint density at radius 3 is 2.39 bits per heavy atom. The molecule has 108 valence electrons. The van der Waals surface area contributed by atoms with Gasteiger partial charge in [-0.15, -0.1) is 4.39 Å². The van der Waals surface area contributed by atoms with Gasteiger partial charge in [-0.05, 0) is 6.92 Å². The zero-order valence-electron chi connectivity index (χ0n) is 11.0. The fourth-order valence-electron chi connectivity index (χ4n) is 1.49. The first-order chi connectivity index (χ1) is 8.04. The normalized spacial score (nSPS) is 14.3. The summed E-state index contributed by atoms with van der Waals surface area (Å²) in [5, 5.41) is 1.26. The van der Waals surface area contributed by atoms with E-state index in [4.69, 9.17) is 4.55 Å². The third-order valence-corrected chi connectivity index (χ3v) is 4.11. The molecule has 0 fully saturated rings. The summed E-state index contributed by atoms with van der Waals surface area (Å²) in [5.74, 6) is 0. The Bertz CT molecular complexity index is 370. The topological polar surface area (TPSA) is 83.5 Å². The van der Waals surface area contributed by atoms with Gasteiger partial charge in [0.1, 0.15) is 0 Å². The fraction of sp³-hybridized carbons (Fsp3) is 0.900. The molecule has 0 bridgehead atoms. The summed E-state index contributed by atoms with van der Waals surface area (Å²) in [5.41, 5.74) is 0. The third-order valence-electron chi connectivity index (χ3n) is 2.85. The standard InChI is InChI=1S/C10H21FN2O4S/c1-9(18(15,16)17)5-8-13(2,3)7-4-6-12-10(11)14/h9H,4-8H2,1-3H3,(H-,12,14,15,16,17)/p+1. The van der Waals surface area contributed by atoms with Gasteiger partial charge in [-0.2, -0.15) is 8.42 Å². The molecule has 1 atom stereocenters. The van der Waals surface area contributed by atoms with E-state index >= 15 is 0 Å². The van der Waals surface area contributed by atoms with Gasteiger partial charge in [-0.25, -0.2) is 4.79 Å². The van der Waals surface area contributed by atoms with Crippen molar-refractivity contribution in [3.8, 4) is 0 Å². The molecule has 0 aromatic carbocycles. The number of nitrogens with one attached hydrogen (secondary N) is 1. The van der Waals surface area contributed by atoms with E-state index in [1.807, 2.05) is 14.1 Å². The van der Waals surface area contributed by atoms with Gasteiger partial charge >= 0.3 is 6.16 Å². The van der Waals surface area contributed by atoms with Gasteiger partial charge in [-0.1, -0.05) is 0 Å². The van der Waals surface area contributed by atoms with E-state index in [9.17, 15) is 17.6 Å². The van der Waals surface area contributed by atoms with Crippen molar-refractivity contribution >= 4 is 16.3 Å². The van der Waals surface area contributed by atoms with Crippen molar-refractivity contribution in [3.63, 3.8) is 0 Å². The SMILES string of the molecule is CC(CC[N+](C)(C)CCCNC(=O)F)S(=O)(=O)O. The lowest BCUT2D eigenvalue weighted by Gasteiger charge is -2.30. The van der Waals surface area contributed by atoms with Gasteiger partial charge < -0.3 is 9.80 Å². The average Bonchev–Trinajstić information content (AvgIpc) is 2.19. The van der Waals surface area contributed by atoms with Crippen molar-refractivity contribution in [2.45, 2.75) is 25.0 Å². The molecule has 1 amide bonds. The zero-order chi connectivity index (χ0) is 14.4. The maximum Gasteiger partial charge on any atom is 0.397 e. The highest BCUT2D eigenvalue weighted by atomic mass is 32.2. The molecule has 0 radical (unpaired) electrons. The zero-order valence-corrected chi connectivity index (χ0v) is 11.8. The number of carbonyl (C=O) groups excluding carboxylic acids is 1. The minimum Gasteiger partial charge on any atom is -0.328 e. The van der Waals surface area contributed by atoms with Crippen LogP contribution in [0.2, 0.25) is 0 Å². The second-order valence-corrected chi connectivity index (χ2v) is 6.89. The smallest absolute Gasteiger partial charge is 0.328 e. The number of quaternary nitrogens is 1. The summed E-state index contributed by atoms with van der Waals surface area (Å²) < 4.78 is 42.9. The molecule has 8 heteroatoms. The maximum atomic E-state index is 11.9. The first-order valence-electron chi connectivity index (χ1n) is 5.76. The third kappa shape index (κ3) is 8.37. The van der Waals surface area contributed by atoms with E-state index in [-0.39, 0.29) is 6.54 Å². The van der Waals surface area contributed by atoms with E-state index in [0.717, 1.165) is 0 Å². The Kier molecular flexibility index (Phi) is 6.72. The number of hydrogen-bond donors (Lipinski definition) is 2. The summed E-state index contributed by atoms with van der Waals surface area (Å²) in [6.07, 6.45) is -0.593. The molecule has 0 heterocycles. The van der Waals surface area contributed by atoms with Gasteiger partial charge in [0.05, 0.1) is 32.4 Å². The monoisotopic (exact) mass is 285 g/mol. The Morgan fingerprint density at radius 2 is 1.94 bits per heavy atom. The van der Waals surface area contributed by atoms with E-state index < -0.39 is 21.5 Å². The molecule has 18 heavy (non-hydrogen) atoms. The number of amides is 1. The lowest BCUT2D eigenvalue weighted by Crippen LogP contribution is -2.43.